The molecular formula is C30H29F4N5O4S. The summed E-state index contributed by atoms with van der Waals surface area (Å²) in [5, 5.41) is 9.24. The van der Waals surface area contributed by atoms with Crippen LogP contribution < -0.4 is 5.56 Å². The largest absolute Gasteiger partial charge is 0.419 e. The molecule has 1 atom stereocenters. The number of hydrogen-bond acceptors (Lipinski definition) is 6. The van der Waals surface area contributed by atoms with Gasteiger partial charge in [0.1, 0.15) is 17.2 Å². The van der Waals surface area contributed by atoms with E-state index >= 15 is 0 Å². The first-order valence-electron chi connectivity index (χ1n) is 13.7. The summed E-state index contributed by atoms with van der Waals surface area (Å²) in [7, 11) is -3.60. The zero-order valence-electron chi connectivity index (χ0n) is 24.1. The van der Waals surface area contributed by atoms with Crippen molar-refractivity contribution in [1.82, 2.24) is 19.0 Å². The summed E-state index contributed by atoms with van der Waals surface area (Å²) in [6, 6.07) is 10.9. The Balaban J connectivity index is 1.86. The van der Waals surface area contributed by atoms with Gasteiger partial charge < -0.3 is 9.47 Å². The van der Waals surface area contributed by atoms with Crippen LogP contribution in [0.2, 0.25) is 0 Å². The highest BCUT2D eigenvalue weighted by Gasteiger charge is 2.35. The topological polar surface area (TPSA) is 118 Å². The molecular weight excluding hydrogens is 602 g/mol. The molecule has 2 heterocycles. The van der Waals surface area contributed by atoms with E-state index in [2.05, 4.69) is 0 Å². The molecule has 0 fully saturated rings. The van der Waals surface area contributed by atoms with Gasteiger partial charge in [-0.05, 0) is 61.9 Å². The SMILES string of the molecule is CCn1ccc2nc([C@@H](C)N(CCS(=O)(=O)CC)C(=O)Cc3ccc(F)c(C(F)(F)F)c3)n(-c3ccc(C#N)cc3)c(=O)c21. The third-order valence-corrected chi connectivity index (χ3v) is 9.03. The zero-order chi connectivity index (χ0) is 32.4. The van der Waals surface area contributed by atoms with Gasteiger partial charge in [-0.25, -0.2) is 17.8 Å². The Morgan fingerprint density at radius 1 is 1.11 bits per heavy atom. The molecule has 0 N–H and O–H groups in total. The number of nitriles is 1. The number of aromatic nitrogens is 3. The number of nitrogens with zero attached hydrogens (tertiary/aromatic N) is 5. The van der Waals surface area contributed by atoms with Gasteiger partial charge in [0.15, 0.2) is 9.84 Å². The summed E-state index contributed by atoms with van der Waals surface area (Å²) in [6.07, 6.45) is -3.91. The molecule has 1 amide bonds. The van der Waals surface area contributed by atoms with Crippen molar-refractivity contribution in [3.63, 3.8) is 0 Å². The molecule has 9 nitrogen and oxygen atoms in total. The summed E-state index contributed by atoms with van der Waals surface area (Å²) in [5.41, 5.74) is -0.867. The Morgan fingerprint density at radius 3 is 2.39 bits per heavy atom. The number of halogens is 4. The third kappa shape index (κ3) is 6.67. The monoisotopic (exact) mass is 631 g/mol. The Kier molecular flexibility index (Phi) is 9.29. The minimum Gasteiger partial charge on any atom is -0.342 e. The van der Waals surface area contributed by atoms with Crippen molar-refractivity contribution in [1.29, 1.82) is 5.26 Å². The van der Waals surface area contributed by atoms with Gasteiger partial charge in [-0.3, -0.25) is 14.2 Å². The van der Waals surface area contributed by atoms with E-state index in [1.165, 1.54) is 42.7 Å². The van der Waals surface area contributed by atoms with Gasteiger partial charge in [-0.2, -0.15) is 18.4 Å². The molecule has 0 saturated carbocycles. The molecule has 2 aromatic carbocycles. The predicted octanol–water partition coefficient (Wildman–Crippen LogP) is 4.80. The van der Waals surface area contributed by atoms with Gasteiger partial charge in [0.25, 0.3) is 5.56 Å². The van der Waals surface area contributed by atoms with Crippen molar-refractivity contribution >= 4 is 26.8 Å². The van der Waals surface area contributed by atoms with Crippen molar-refractivity contribution < 1.29 is 30.8 Å². The number of aryl methyl sites for hydroxylation is 1. The van der Waals surface area contributed by atoms with Gasteiger partial charge in [-0.1, -0.05) is 13.0 Å². The fourth-order valence-corrected chi connectivity index (χ4v) is 5.64. The maximum Gasteiger partial charge on any atom is 0.419 e. The number of rotatable bonds is 10. The summed E-state index contributed by atoms with van der Waals surface area (Å²) in [6.45, 7) is 4.93. The molecule has 2 aromatic heterocycles. The number of fused-ring (bicyclic) bond motifs is 1. The number of carbonyl (C=O) groups excluding carboxylic acids is 1. The van der Waals surface area contributed by atoms with Crippen LogP contribution in [-0.4, -0.2) is 51.4 Å². The average molecular weight is 632 g/mol. The highest BCUT2D eigenvalue weighted by atomic mass is 32.2. The summed E-state index contributed by atoms with van der Waals surface area (Å²) >= 11 is 0. The summed E-state index contributed by atoms with van der Waals surface area (Å²) < 4.78 is 81.8. The third-order valence-electron chi connectivity index (χ3n) is 7.34. The fourth-order valence-electron chi connectivity index (χ4n) is 4.88. The van der Waals surface area contributed by atoms with E-state index in [-0.39, 0.29) is 29.2 Å². The molecule has 0 saturated heterocycles. The molecule has 0 bridgehead atoms. The van der Waals surface area contributed by atoms with Gasteiger partial charge >= 0.3 is 6.18 Å². The second kappa shape index (κ2) is 12.6. The lowest BCUT2D eigenvalue weighted by Crippen LogP contribution is -2.41. The van der Waals surface area contributed by atoms with Crippen LogP contribution in [0.3, 0.4) is 0 Å². The standard InChI is InChI=1S/C30H29F4N5O4S/c1-4-37-13-12-25-27(37)29(41)39(22-9-6-20(18-35)7-10-22)28(36-25)19(3)38(14-15-44(42,43)5-2)26(40)17-21-8-11-24(31)23(16-21)30(32,33)34/h6-13,16,19H,4-5,14-15,17H2,1-3H3/t19-/m1/s1. The van der Waals surface area contributed by atoms with Crippen LogP contribution in [0.15, 0.2) is 59.5 Å². The molecule has 4 rings (SSSR count). The Bertz CT molecular complexity index is 1910. The Morgan fingerprint density at radius 2 is 1.80 bits per heavy atom. The van der Waals surface area contributed by atoms with Gasteiger partial charge in [0, 0.05) is 25.0 Å². The van der Waals surface area contributed by atoms with Gasteiger partial charge in [0.05, 0.1) is 46.6 Å². The molecule has 0 aliphatic heterocycles. The first kappa shape index (κ1) is 32.4. The molecule has 0 radical (unpaired) electrons. The number of carbonyl (C=O) groups is 1. The van der Waals surface area contributed by atoms with Crippen LogP contribution in [0.1, 0.15) is 49.3 Å². The minimum atomic E-state index is -4.99. The van der Waals surface area contributed by atoms with E-state index in [9.17, 15) is 40.8 Å². The van der Waals surface area contributed by atoms with Crippen LogP contribution in [0.4, 0.5) is 17.6 Å². The lowest BCUT2D eigenvalue weighted by molar-refractivity contribution is -0.140. The summed E-state index contributed by atoms with van der Waals surface area (Å²) in [4.78, 5) is 33.5. The molecule has 232 valence electrons. The molecule has 0 aliphatic carbocycles. The lowest BCUT2D eigenvalue weighted by Gasteiger charge is -2.30. The highest BCUT2D eigenvalue weighted by Crippen LogP contribution is 2.32. The predicted molar refractivity (Wildman–Crippen MR) is 155 cm³/mol. The number of sulfone groups is 1. The van der Waals surface area contributed by atoms with Crippen molar-refractivity contribution in [3.05, 3.63) is 93.4 Å². The molecule has 4 aromatic rings. The minimum absolute atomic E-state index is 0.0680. The zero-order valence-corrected chi connectivity index (χ0v) is 24.9. The number of alkyl halides is 3. The average Bonchev–Trinajstić information content (AvgIpc) is 3.41. The lowest BCUT2D eigenvalue weighted by atomic mass is 10.1. The highest BCUT2D eigenvalue weighted by molar-refractivity contribution is 7.91. The second-order valence-corrected chi connectivity index (χ2v) is 12.6. The van der Waals surface area contributed by atoms with Gasteiger partial charge in [0.2, 0.25) is 5.91 Å². The second-order valence-electron chi connectivity index (χ2n) is 10.1. The van der Waals surface area contributed by atoms with Crippen molar-refractivity contribution in [2.24, 2.45) is 0 Å². The van der Waals surface area contributed by atoms with Crippen LogP contribution in [0.25, 0.3) is 16.7 Å². The van der Waals surface area contributed by atoms with Crippen LogP contribution in [0.5, 0.6) is 0 Å². The van der Waals surface area contributed by atoms with E-state index in [1.54, 1.807) is 16.8 Å². The van der Waals surface area contributed by atoms with E-state index in [0.717, 1.165) is 11.0 Å². The maximum absolute atomic E-state index is 14.0. The molecule has 44 heavy (non-hydrogen) atoms. The molecule has 14 heteroatoms. The van der Waals surface area contributed by atoms with Crippen molar-refractivity contribution in [2.75, 3.05) is 18.1 Å². The quantitative estimate of drug-likeness (QED) is 0.232. The fraction of sp³-hybridized carbons (Fsp3) is 0.333. The van der Waals surface area contributed by atoms with E-state index in [0.29, 0.717) is 35.4 Å². The Hall–Kier alpha value is -4.51. The van der Waals surface area contributed by atoms with Gasteiger partial charge in [-0.15, -0.1) is 0 Å². The molecule has 0 aliphatic rings. The van der Waals surface area contributed by atoms with Crippen LogP contribution in [0, 0.1) is 17.1 Å². The van der Waals surface area contributed by atoms with E-state index < -0.39 is 57.1 Å². The van der Waals surface area contributed by atoms with E-state index in [4.69, 9.17) is 4.98 Å². The summed E-state index contributed by atoms with van der Waals surface area (Å²) in [5.74, 6) is -2.84. The van der Waals surface area contributed by atoms with Crippen LogP contribution in [-0.2, 0) is 33.8 Å². The maximum atomic E-state index is 14.0. The van der Waals surface area contributed by atoms with E-state index in [1.807, 2.05) is 13.0 Å². The smallest absolute Gasteiger partial charge is 0.342 e. The van der Waals surface area contributed by atoms with Crippen LogP contribution >= 0.6 is 0 Å². The first-order chi connectivity index (χ1) is 20.7. The molecule has 0 spiro atoms. The molecule has 0 unspecified atom stereocenters. The first-order valence-corrected chi connectivity index (χ1v) is 15.5. The number of hydrogen-bond donors (Lipinski definition) is 0. The number of benzene rings is 2. The van der Waals surface area contributed by atoms with Crippen molar-refractivity contribution in [3.8, 4) is 11.8 Å². The number of amides is 1. The Labute approximate surface area is 250 Å². The van der Waals surface area contributed by atoms with Crippen molar-refractivity contribution in [2.45, 2.75) is 46.0 Å². The normalized spacial score (nSPS) is 12.7.